The highest BCUT2D eigenvalue weighted by Gasteiger charge is 2.34. The van der Waals surface area contributed by atoms with Crippen LogP contribution in [-0.2, 0) is 6.18 Å². The number of nitrogens with one attached hydrogen (secondary N) is 2. The van der Waals surface area contributed by atoms with Crippen molar-refractivity contribution >= 4 is 11.4 Å². The van der Waals surface area contributed by atoms with E-state index >= 15 is 0 Å². The lowest BCUT2D eigenvalue weighted by Gasteiger charge is -2.44. The molecule has 0 amide bonds. The summed E-state index contributed by atoms with van der Waals surface area (Å²) in [5.74, 6) is 0. The van der Waals surface area contributed by atoms with Crippen molar-refractivity contribution in [2.45, 2.75) is 32.0 Å². The summed E-state index contributed by atoms with van der Waals surface area (Å²) in [5, 5.41) is 17.3. The molecular weight excluding hydrogens is 443 g/mol. The number of rotatable bonds is 7. The zero-order valence-corrected chi connectivity index (χ0v) is 18.8. The molecule has 4 rings (SSSR count). The molecule has 1 atom stereocenters. The molecule has 2 aliphatic rings. The van der Waals surface area contributed by atoms with Gasteiger partial charge in [0.25, 0.3) is 0 Å². The fourth-order valence-electron chi connectivity index (χ4n) is 4.24. The maximum Gasteiger partial charge on any atom is 0.416 e. The van der Waals surface area contributed by atoms with E-state index in [1.807, 2.05) is 47.4 Å². The third-order valence-corrected chi connectivity index (χ3v) is 5.87. The Bertz CT molecular complexity index is 1110. The fourth-order valence-corrected chi connectivity index (χ4v) is 4.24. The normalized spacial score (nSPS) is 18.0. The molecule has 0 fully saturated rings. The lowest BCUT2D eigenvalue weighted by atomic mass is 9.90. The average Bonchev–Trinajstić information content (AvgIpc) is 2.78. The van der Waals surface area contributed by atoms with E-state index in [0.29, 0.717) is 30.9 Å². The molecule has 180 valence electrons. The van der Waals surface area contributed by atoms with Crippen molar-refractivity contribution in [3.63, 3.8) is 0 Å². The van der Waals surface area contributed by atoms with Crippen LogP contribution in [0, 0.1) is 0 Å². The second-order valence-corrected chi connectivity index (χ2v) is 8.16. The molecule has 6 nitrogen and oxygen atoms in total. The van der Waals surface area contributed by atoms with Crippen molar-refractivity contribution in [3.8, 4) is 0 Å². The fraction of sp³-hybridized carbons (Fsp3) is 0.280. The van der Waals surface area contributed by atoms with Crippen LogP contribution in [0.4, 0.5) is 24.5 Å². The van der Waals surface area contributed by atoms with Crippen LogP contribution in [0.15, 0.2) is 83.9 Å². The molecule has 9 heteroatoms. The monoisotopic (exact) mass is 471 g/mol. The Morgan fingerprint density at radius 3 is 2.56 bits per heavy atom. The number of anilines is 2. The smallest absolute Gasteiger partial charge is 0.399 e. The zero-order chi connectivity index (χ0) is 24.3. The number of hydrazine groups is 1. The molecule has 5 N–H and O–H groups in total. The Balaban J connectivity index is 1.91. The van der Waals surface area contributed by atoms with Gasteiger partial charge in [0, 0.05) is 41.8 Å². The summed E-state index contributed by atoms with van der Waals surface area (Å²) in [7, 11) is 0. The lowest BCUT2D eigenvalue weighted by molar-refractivity contribution is -0.137. The second-order valence-electron chi connectivity index (χ2n) is 8.16. The molecule has 0 saturated heterocycles. The van der Waals surface area contributed by atoms with E-state index < -0.39 is 17.8 Å². The lowest BCUT2D eigenvalue weighted by Crippen LogP contribution is -2.46. The number of hydrogen-bond acceptors (Lipinski definition) is 6. The number of nitrogens with two attached hydrogens (primary N) is 1. The van der Waals surface area contributed by atoms with Gasteiger partial charge in [-0.25, -0.2) is 0 Å². The van der Waals surface area contributed by atoms with Crippen LogP contribution >= 0.6 is 0 Å². The first-order valence-corrected chi connectivity index (χ1v) is 11.2. The molecule has 0 bridgehead atoms. The third kappa shape index (κ3) is 4.76. The van der Waals surface area contributed by atoms with E-state index in [9.17, 15) is 18.4 Å². The molecule has 0 radical (unpaired) electrons. The average molecular weight is 472 g/mol. The summed E-state index contributed by atoms with van der Waals surface area (Å²) >= 11 is 0. The van der Waals surface area contributed by atoms with Gasteiger partial charge in [-0.3, -0.25) is 10.0 Å². The minimum Gasteiger partial charge on any atom is -0.399 e. The molecule has 0 spiro atoms. The molecule has 1 unspecified atom stereocenters. The molecule has 2 aromatic rings. The number of allylic oxidation sites excluding steroid dienone is 1. The van der Waals surface area contributed by atoms with Crippen LogP contribution in [0.3, 0.4) is 0 Å². The summed E-state index contributed by atoms with van der Waals surface area (Å²) in [6.07, 6.45) is 2.63. The number of halogens is 3. The number of benzene rings is 2. The van der Waals surface area contributed by atoms with Gasteiger partial charge in [-0.15, -0.1) is 0 Å². The molecule has 2 heterocycles. The standard InChI is InChI=1S/C25H28F3N5O/c1-2-5-21-23(24(31-34)17-8-10-19(29)11-9-17)22(12-13-30-21)33(32-14-4-15-32)20-7-3-6-18(16-20)25(26,27)28/h3-11,14,16,24,30-31,34H,2,12-13,15,29H2,1H3/b21-5-. The highest BCUT2D eigenvalue weighted by molar-refractivity contribution is 5.59. The number of hydroxylamine groups is 1. The van der Waals surface area contributed by atoms with Crippen LogP contribution in [-0.4, -0.2) is 23.3 Å². The first-order chi connectivity index (χ1) is 16.3. The predicted molar refractivity (Wildman–Crippen MR) is 126 cm³/mol. The van der Waals surface area contributed by atoms with Gasteiger partial charge < -0.3 is 16.3 Å². The highest BCUT2D eigenvalue weighted by atomic mass is 19.4. The van der Waals surface area contributed by atoms with Crippen LogP contribution in [0.2, 0.25) is 0 Å². The Morgan fingerprint density at radius 2 is 1.97 bits per heavy atom. The first-order valence-electron chi connectivity index (χ1n) is 11.2. The van der Waals surface area contributed by atoms with Crippen molar-refractivity contribution in [2.24, 2.45) is 0 Å². The number of nitrogens with zero attached hydrogens (tertiary/aromatic N) is 2. The van der Waals surface area contributed by atoms with Crippen LogP contribution in [0.25, 0.3) is 0 Å². The minimum atomic E-state index is -4.45. The Hall–Kier alpha value is -3.43. The maximum atomic E-state index is 13.5. The summed E-state index contributed by atoms with van der Waals surface area (Å²) in [4.78, 5) is 0. The van der Waals surface area contributed by atoms with E-state index in [1.165, 1.54) is 6.07 Å². The zero-order valence-electron chi connectivity index (χ0n) is 18.8. The number of nitrogen functional groups attached to an aromatic ring is 1. The molecule has 2 aromatic carbocycles. The van der Waals surface area contributed by atoms with Crippen LogP contribution < -0.4 is 21.5 Å². The van der Waals surface area contributed by atoms with Gasteiger partial charge in [0.1, 0.15) is 0 Å². The Kier molecular flexibility index (Phi) is 6.85. The van der Waals surface area contributed by atoms with E-state index in [0.717, 1.165) is 41.1 Å². The van der Waals surface area contributed by atoms with Crippen molar-refractivity contribution in [1.29, 1.82) is 0 Å². The Morgan fingerprint density at radius 1 is 1.24 bits per heavy atom. The minimum absolute atomic E-state index is 0.401. The molecule has 2 aliphatic heterocycles. The van der Waals surface area contributed by atoms with E-state index in [-0.39, 0.29) is 0 Å². The summed E-state index contributed by atoms with van der Waals surface area (Å²) in [6.45, 7) is 3.18. The SMILES string of the molecule is CC/C=C1\NCCC(N(c2cccc(C(F)(F)F)c2)N2C=CC2)=C1C(NO)c1ccc(N)cc1. The van der Waals surface area contributed by atoms with Crippen molar-refractivity contribution in [2.75, 3.05) is 23.8 Å². The molecule has 0 aromatic heterocycles. The molecular formula is C25H28F3N5O. The Labute approximate surface area is 196 Å². The van der Waals surface area contributed by atoms with Gasteiger partial charge in [0.2, 0.25) is 0 Å². The van der Waals surface area contributed by atoms with Crippen molar-refractivity contribution < 1.29 is 18.4 Å². The van der Waals surface area contributed by atoms with Gasteiger partial charge in [-0.1, -0.05) is 31.2 Å². The van der Waals surface area contributed by atoms with E-state index in [4.69, 9.17) is 5.73 Å². The van der Waals surface area contributed by atoms with E-state index in [2.05, 4.69) is 10.8 Å². The molecule has 0 saturated carbocycles. The van der Waals surface area contributed by atoms with Gasteiger partial charge in [-0.2, -0.15) is 18.7 Å². The van der Waals surface area contributed by atoms with Gasteiger partial charge in [0.15, 0.2) is 0 Å². The summed E-state index contributed by atoms with van der Waals surface area (Å²) < 4.78 is 40.5. The maximum absolute atomic E-state index is 13.5. The van der Waals surface area contributed by atoms with Gasteiger partial charge >= 0.3 is 6.18 Å². The van der Waals surface area contributed by atoms with Crippen molar-refractivity contribution in [1.82, 2.24) is 15.8 Å². The topological polar surface area (TPSA) is 76.8 Å². The summed E-state index contributed by atoms with van der Waals surface area (Å²) in [5.41, 5.74) is 11.7. The first kappa shape index (κ1) is 23.7. The highest BCUT2D eigenvalue weighted by Crippen LogP contribution is 2.39. The second kappa shape index (κ2) is 9.82. The number of hydrogen-bond donors (Lipinski definition) is 4. The molecule has 34 heavy (non-hydrogen) atoms. The van der Waals surface area contributed by atoms with E-state index in [1.54, 1.807) is 18.2 Å². The largest absolute Gasteiger partial charge is 0.416 e. The predicted octanol–water partition coefficient (Wildman–Crippen LogP) is 5.10. The van der Waals surface area contributed by atoms with Gasteiger partial charge in [0.05, 0.1) is 23.8 Å². The molecule has 0 aliphatic carbocycles. The quantitative estimate of drug-likeness (QED) is 0.333. The van der Waals surface area contributed by atoms with Crippen LogP contribution in [0.5, 0.6) is 0 Å². The number of alkyl halides is 3. The summed E-state index contributed by atoms with van der Waals surface area (Å²) in [6, 6.07) is 11.8. The van der Waals surface area contributed by atoms with Gasteiger partial charge in [-0.05, 0) is 48.4 Å². The van der Waals surface area contributed by atoms with Crippen LogP contribution in [0.1, 0.15) is 36.9 Å². The third-order valence-electron chi connectivity index (χ3n) is 5.87. The van der Waals surface area contributed by atoms with Crippen molar-refractivity contribution in [3.05, 3.63) is 95.0 Å².